The lowest BCUT2D eigenvalue weighted by atomic mass is 9.85. The number of hydrogen-bond acceptors (Lipinski definition) is 3. The number of cyclic esters (lactones) is 2. The van der Waals surface area contributed by atoms with E-state index in [1.54, 1.807) is 0 Å². The van der Waals surface area contributed by atoms with Crippen LogP contribution in [-0.4, -0.2) is 11.9 Å². The summed E-state index contributed by atoms with van der Waals surface area (Å²) in [6.45, 7) is 0. The van der Waals surface area contributed by atoms with Gasteiger partial charge in [0.15, 0.2) is 0 Å². The van der Waals surface area contributed by atoms with Crippen molar-refractivity contribution in [1.29, 1.82) is 0 Å². The minimum absolute atomic E-state index is 0.146. The fraction of sp³-hybridized carbons (Fsp3) is 0.556. The highest BCUT2D eigenvalue weighted by molar-refractivity contribution is 5.98. The summed E-state index contributed by atoms with van der Waals surface area (Å²) in [5.74, 6) is -0.346. The Kier molecular flexibility index (Phi) is 0.953. The Morgan fingerprint density at radius 2 is 1.58 bits per heavy atom. The average Bonchev–Trinajstić information content (AvgIpc) is 2.64. The van der Waals surface area contributed by atoms with Crippen molar-refractivity contribution in [2.75, 3.05) is 0 Å². The van der Waals surface area contributed by atoms with Gasteiger partial charge >= 0.3 is 11.9 Å². The van der Waals surface area contributed by atoms with Gasteiger partial charge in [-0.1, -0.05) is 12.2 Å². The second-order valence-electron chi connectivity index (χ2n) is 3.74. The summed E-state index contributed by atoms with van der Waals surface area (Å²) in [7, 11) is 0. The second-order valence-corrected chi connectivity index (χ2v) is 3.74. The van der Waals surface area contributed by atoms with Gasteiger partial charge in [-0.05, 0) is 18.3 Å². The number of hydrogen-bond donors (Lipinski definition) is 0. The lowest BCUT2D eigenvalue weighted by Crippen LogP contribution is -2.21. The normalized spacial score (nSPS) is 48.3. The molecular formula is C9H8O3. The molecular weight excluding hydrogens is 156 g/mol. The molecule has 0 spiro atoms. The number of rotatable bonds is 0. The highest BCUT2D eigenvalue weighted by Gasteiger charge is 2.57. The standard InChI is InChI=1S/C9H8O3/c10-8-6-4-1-2-5(3-4)7(6)9(11)12-8/h1-2,4-7H,3H2/t4-,5-,6?,7?/m1/s1. The second kappa shape index (κ2) is 1.79. The number of esters is 2. The molecule has 0 radical (unpaired) electrons. The molecule has 3 rings (SSSR count). The number of allylic oxidation sites excluding steroid dienone is 2. The summed E-state index contributed by atoms with van der Waals surface area (Å²) in [6.07, 6.45) is 5.06. The third-order valence-electron chi connectivity index (χ3n) is 3.20. The minimum atomic E-state index is -0.304. The monoisotopic (exact) mass is 164 g/mol. The molecule has 3 nitrogen and oxygen atoms in total. The fourth-order valence-electron chi connectivity index (χ4n) is 2.70. The largest absolute Gasteiger partial charge is 0.393 e. The molecule has 2 aliphatic carbocycles. The van der Waals surface area contributed by atoms with Gasteiger partial charge in [0.25, 0.3) is 0 Å². The van der Waals surface area contributed by atoms with E-state index in [1.807, 2.05) is 12.2 Å². The van der Waals surface area contributed by atoms with Crippen molar-refractivity contribution >= 4 is 11.9 Å². The number of fused-ring (bicyclic) bond motifs is 5. The lowest BCUT2D eigenvalue weighted by molar-refractivity contribution is -0.154. The molecule has 0 aromatic carbocycles. The maximum atomic E-state index is 11.2. The van der Waals surface area contributed by atoms with E-state index in [9.17, 15) is 9.59 Å². The topological polar surface area (TPSA) is 43.4 Å². The molecule has 3 heteroatoms. The molecule has 4 atom stereocenters. The summed E-state index contributed by atoms with van der Waals surface area (Å²) >= 11 is 0. The van der Waals surface area contributed by atoms with Crippen molar-refractivity contribution in [2.24, 2.45) is 23.7 Å². The molecule has 1 saturated heterocycles. The van der Waals surface area contributed by atoms with Gasteiger partial charge in [0.1, 0.15) is 0 Å². The van der Waals surface area contributed by atoms with E-state index in [2.05, 4.69) is 4.74 Å². The quantitative estimate of drug-likeness (QED) is 0.297. The van der Waals surface area contributed by atoms with Crippen LogP contribution < -0.4 is 0 Å². The van der Waals surface area contributed by atoms with Crippen LogP contribution in [0.15, 0.2) is 12.2 Å². The number of carbonyl (C=O) groups excluding carboxylic acids is 2. The first-order valence-corrected chi connectivity index (χ1v) is 4.21. The molecule has 1 aliphatic heterocycles. The highest BCUT2D eigenvalue weighted by Crippen LogP contribution is 2.51. The Bertz CT molecular complexity index is 277. The van der Waals surface area contributed by atoms with Crippen molar-refractivity contribution in [3.05, 3.63) is 12.2 Å². The molecule has 2 fully saturated rings. The average molecular weight is 164 g/mol. The molecule has 0 N–H and O–H groups in total. The van der Waals surface area contributed by atoms with Crippen molar-refractivity contribution in [3.8, 4) is 0 Å². The van der Waals surface area contributed by atoms with Gasteiger partial charge in [0.2, 0.25) is 0 Å². The minimum Gasteiger partial charge on any atom is -0.393 e. The molecule has 2 bridgehead atoms. The predicted molar refractivity (Wildman–Crippen MR) is 38.8 cm³/mol. The molecule has 0 aromatic rings. The van der Waals surface area contributed by atoms with E-state index in [4.69, 9.17) is 0 Å². The van der Waals surface area contributed by atoms with E-state index in [0.717, 1.165) is 6.42 Å². The Morgan fingerprint density at radius 1 is 1.08 bits per heavy atom. The Hall–Kier alpha value is -1.12. The molecule has 3 aliphatic rings. The fourth-order valence-corrected chi connectivity index (χ4v) is 2.70. The van der Waals surface area contributed by atoms with Crippen LogP contribution in [0.4, 0.5) is 0 Å². The van der Waals surface area contributed by atoms with Crippen molar-refractivity contribution in [1.82, 2.24) is 0 Å². The van der Waals surface area contributed by atoms with Gasteiger partial charge in [-0.25, -0.2) is 0 Å². The van der Waals surface area contributed by atoms with Crippen molar-refractivity contribution in [3.63, 3.8) is 0 Å². The van der Waals surface area contributed by atoms with Gasteiger partial charge in [0, 0.05) is 0 Å². The SMILES string of the molecule is O=C1OC(=O)C2C1[C@@H]1C=C[C@@H]2C1. The van der Waals surface area contributed by atoms with Crippen LogP contribution in [0.2, 0.25) is 0 Å². The van der Waals surface area contributed by atoms with Crippen LogP contribution in [0, 0.1) is 23.7 Å². The van der Waals surface area contributed by atoms with Crippen LogP contribution in [0.5, 0.6) is 0 Å². The Labute approximate surface area is 69.4 Å². The van der Waals surface area contributed by atoms with Crippen LogP contribution in [-0.2, 0) is 14.3 Å². The van der Waals surface area contributed by atoms with E-state index >= 15 is 0 Å². The van der Waals surface area contributed by atoms with Crippen LogP contribution in [0.25, 0.3) is 0 Å². The molecule has 0 amide bonds. The summed E-state index contributed by atoms with van der Waals surface area (Å²) in [6, 6.07) is 0. The van der Waals surface area contributed by atoms with Crippen molar-refractivity contribution < 1.29 is 14.3 Å². The molecule has 1 heterocycles. The van der Waals surface area contributed by atoms with Gasteiger partial charge < -0.3 is 4.74 Å². The maximum Gasteiger partial charge on any atom is 0.318 e. The third kappa shape index (κ3) is 0.543. The van der Waals surface area contributed by atoms with Crippen LogP contribution >= 0.6 is 0 Å². The number of ether oxygens (including phenoxy) is 1. The Morgan fingerprint density at radius 3 is 2.08 bits per heavy atom. The molecule has 2 unspecified atom stereocenters. The molecule has 62 valence electrons. The predicted octanol–water partition coefficient (Wildman–Crippen LogP) is 0.508. The van der Waals surface area contributed by atoms with Gasteiger partial charge in [0.05, 0.1) is 11.8 Å². The smallest absolute Gasteiger partial charge is 0.318 e. The van der Waals surface area contributed by atoms with Crippen molar-refractivity contribution in [2.45, 2.75) is 6.42 Å². The molecule has 0 aromatic heterocycles. The summed E-state index contributed by atoms with van der Waals surface area (Å²) in [5, 5.41) is 0. The van der Waals surface area contributed by atoms with Crippen LogP contribution in [0.3, 0.4) is 0 Å². The van der Waals surface area contributed by atoms with E-state index in [0.29, 0.717) is 0 Å². The van der Waals surface area contributed by atoms with Gasteiger partial charge in [-0.3, -0.25) is 9.59 Å². The zero-order valence-corrected chi connectivity index (χ0v) is 6.40. The lowest BCUT2D eigenvalue weighted by Gasteiger charge is -2.12. The molecule has 1 saturated carbocycles. The highest BCUT2D eigenvalue weighted by atomic mass is 16.6. The van der Waals surface area contributed by atoms with Crippen LogP contribution in [0.1, 0.15) is 6.42 Å². The Balaban J connectivity index is 2.08. The van der Waals surface area contributed by atoms with Gasteiger partial charge in [-0.2, -0.15) is 0 Å². The summed E-state index contributed by atoms with van der Waals surface area (Å²) < 4.78 is 4.59. The van der Waals surface area contributed by atoms with E-state index < -0.39 is 0 Å². The third-order valence-corrected chi connectivity index (χ3v) is 3.20. The van der Waals surface area contributed by atoms with Gasteiger partial charge in [-0.15, -0.1) is 0 Å². The first-order valence-electron chi connectivity index (χ1n) is 4.21. The summed E-state index contributed by atoms with van der Waals surface area (Å²) in [5.41, 5.74) is 0. The zero-order chi connectivity index (χ0) is 8.29. The zero-order valence-electron chi connectivity index (χ0n) is 6.40. The molecule has 12 heavy (non-hydrogen) atoms. The first-order chi connectivity index (χ1) is 5.77. The van der Waals surface area contributed by atoms with E-state index in [-0.39, 0.29) is 35.6 Å². The number of carbonyl (C=O) groups is 2. The first kappa shape index (κ1) is 6.40. The van der Waals surface area contributed by atoms with E-state index in [1.165, 1.54) is 0 Å². The summed E-state index contributed by atoms with van der Waals surface area (Å²) in [4.78, 5) is 22.4. The maximum absolute atomic E-state index is 11.2.